The summed E-state index contributed by atoms with van der Waals surface area (Å²) in [5, 5.41) is 0.715. The van der Waals surface area contributed by atoms with Gasteiger partial charge in [-0.15, -0.1) is 0 Å². The highest BCUT2D eigenvalue weighted by Gasteiger charge is 2.10. The van der Waals surface area contributed by atoms with Gasteiger partial charge in [-0.1, -0.05) is 38.0 Å². The topological polar surface area (TPSA) is 87.9 Å². The maximum Gasteiger partial charge on any atom is 0.344 e. The zero-order valence-corrected chi connectivity index (χ0v) is 18.2. The molecule has 168 valence electrons. The van der Waals surface area contributed by atoms with Gasteiger partial charge in [0.25, 0.3) is 0 Å². The van der Waals surface area contributed by atoms with Crippen LogP contribution >= 0.6 is 0 Å². The van der Waals surface area contributed by atoms with E-state index in [0.29, 0.717) is 41.4 Å². The predicted molar refractivity (Wildman–Crippen MR) is 122 cm³/mol. The molecule has 7 heteroatoms. The molecule has 0 amide bonds. The number of rotatable bonds is 12. The van der Waals surface area contributed by atoms with Gasteiger partial charge in [-0.05, 0) is 36.6 Å². The standard InChI is InChI=1S/C25H27NO6/c1-3-24(27)31-13-8-6-4-5-7-12-30-23-16-22-19(17-26-23)15-21(25(28)32-22)18-10-9-11-20(14-18)29-2/h3,9-11,14-17H,1,4-8,12-13H2,2H3. The molecule has 0 saturated heterocycles. The summed E-state index contributed by atoms with van der Waals surface area (Å²) in [6.45, 7) is 4.31. The first-order valence-corrected chi connectivity index (χ1v) is 10.6. The fourth-order valence-corrected chi connectivity index (χ4v) is 3.21. The van der Waals surface area contributed by atoms with E-state index in [1.54, 1.807) is 31.5 Å². The third-order valence-electron chi connectivity index (χ3n) is 4.92. The molecule has 0 bridgehead atoms. The Kier molecular flexibility index (Phi) is 8.43. The van der Waals surface area contributed by atoms with Crippen LogP contribution in [0.4, 0.5) is 0 Å². The van der Waals surface area contributed by atoms with Crippen molar-refractivity contribution in [1.82, 2.24) is 4.98 Å². The smallest absolute Gasteiger partial charge is 0.344 e. The van der Waals surface area contributed by atoms with Crippen molar-refractivity contribution in [1.29, 1.82) is 0 Å². The predicted octanol–water partition coefficient (Wildman–Crippen LogP) is 4.92. The van der Waals surface area contributed by atoms with E-state index < -0.39 is 5.63 Å². The Labute approximate surface area is 186 Å². The number of hydrogen-bond acceptors (Lipinski definition) is 7. The van der Waals surface area contributed by atoms with Crippen molar-refractivity contribution in [3.63, 3.8) is 0 Å². The van der Waals surface area contributed by atoms with Crippen LogP contribution in [0.25, 0.3) is 22.1 Å². The molecule has 2 heterocycles. The Morgan fingerprint density at radius 2 is 1.88 bits per heavy atom. The van der Waals surface area contributed by atoms with Crippen LogP contribution < -0.4 is 15.1 Å². The highest BCUT2D eigenvalue weighted by Crippen LogP contribution is 2.25. The highest BCUT2D eigenvalue weighted by atomic mass is 16.5. The number of nitrogens with zero attached hydrogens (tertiary/aromatic N) is 1. The molecule has 0 aliphatic carbocycles. The molecule has 0 atom stereocenters. The van der Waals surface area contributed by atoms with Crippen LogP contribution in [0.1, 0.15) is 32.1 Å². The van der Waals surface area contributed by atoms with Crippen LogP contribution in [0.3, 0.4) is 0 Å². The molecular weight excluding hydrogens is 410 g/mol. The van der Waals surface area contributed by atoms with Gasteiger partial charge in [-0.3, -0.25) is 0 Å². The fourth-order valence-electron chi connectivity index (χ4n) is 3.21. The maximum atomic E-state index is 12.5. The minimum absolute atomic E-state index is 0.381. The number of fused-ring (bicyclic) bond motifs is 1. The van der Waals surface area contributed by atoms with Gasteiger partial charge in [0, 0.05) is 23.7 Å². The molecule has 0 N–H and O–H groups in total. The molecule has 1 aromatic carbocycles. The van der Waals surface area contributed by atoms with Gasteiger partial charge in [0.2, 0.25) is 5.88 Å². The molecule has 3 rings (SSSR count). The maximum absolute atomic E-state index is 12.5. The van der Waals surface area contributed by atoms with Crippen LogP contribution in [0.15, 0.2) is 64.5 Å². The summed E-state index contributed by atoms with van der Waals surface area (Å²) in [6, 6.07) is 10.7. The van der Waals surface area contributed by atoms with E-state index in [1.807, 2.05) is 18.2 Å². The van der Waals surface area contributed by atoms with Crippen molar-refractivity contribution in [2.24, 2.45) is 0 Å². The normalized spacial score (nSPS) is 10.7. The molecule has 0 spiro atoms. The molecule has 3 aromatic rings. The Morgan fingerprint density at radius 3 is 2.66 bits per heavy atom. The van der Waals surface area contributed by atoms with Gasteiger partial charge in [-0.25, -0.2) is 14.6 Å². The number of benzene rings is 1. The summed E-state index contributed by atoms with van der Waals surface area (Å²) in [4.78, 5) is 27.8. The summed E-state index contributed by atoms with van der Waals surface area (Å²) in [7, 11) is 1.58. The Bertz CT molecular complexity index is 1120. The number of ether oxygens (including phenoxy) is 3. The van der Waals surface area contributed by atoms with Crippen molar-refractivity contribution >= 4 is 16.9 Å². The molecule has 0 fully saturated rings. The van der Waals surface area contributed by atoms with Gasteiger partial charge in [0.15, 0.2) is 0 Å². The second-order valence-corrected chi connectivity index (χ2v) is 7.23. The molecule has 7 nitrogen and oxygen atoms in total. The molecule has 32 heavy (non-hydrogen) atoms. The Hall–Kier alpha value is -3.61. The molecular formula is C25H27NO6. The molecule has 2 aromatic heterocycles. The second-order valence-electron chi connectivity index (χ2n) is 7.23. The monoisotopic (exact) mass is 437 g/mol. The lowest BCUT2D eigenvalue weighted by Crippen LogP contribution is -2.04. The van der Waals surface area contributed by atoms with E-state index >= 15 is 0 Å². The summed E-state index contributed by atoms with van der Waals surface area (Å²) < 4.78 is 21.4. The van der Waals surface area contributed by atoms with Gasteiger partial charge in [0.1, 0.15) is 11.3 Å². The molecule has 0 aliphatic rings. The van der Waals surface area contributed by atoms with E-state index in [4.69, 9.17) is 18.6 Å². The Balaban J connectivity index is 1.50. The first kappa shape index (κ1) is 23.1. The Morgan fingerprint density at radius 1 is 1.09 bits per heavy atom. The third-order valence-corrected chi connectivity index (χ3v) is 4.92. The first-order valence-electron chi connectivity index (χ1n) is 10.6. The lowest BCUT2D eigenvalue weighted by atomic mass is 10.1. The summed E-state index contributed by atoms with van der Waals surface area (Å²) in [5.74, 6) is 0.708. The zero-order valence-electron chi connectivity index (χ0n) is 18.2. The lowest BCUT2D eigenvalue weighted by Gasteiger charge is -2.07. The van der Waals surface area contributed by atoms with Gasteiger partial charge < -0.3 is 18.6 Å². The van der Waals surface area contributed by atoms with Crippen molar-refractivity contribution in [2.75, 3.05) is 20.3 Å². The van der Waals surface area contributed by atoms with E-state index in [9.17, 15) is 9.59 Å². The largest absolute Gasteiger partial charge is 0.497 e. The molecule has 0 radical (unpaired) electrons. The van der Waals surface area contributed by atoms with E-state index in [1.165, 1.54) is 6.08 Å². The quantitative estimate of drug-likeness (QED) is 0.226. The van der Waals surface area contributed by atoms with Crippen LogP contribution in [0, 0.1) is 0 Å². The minimum atomic E-state index is -0.429. The van der Waals surface area contributed by atoms with Crippen LogP contribution in [0.5, 0.6) is 11.6 Å². The van der Waals surface area contributed by atoms with Gasteiger partial charge in [0.05, 0.1) is 25.9 Å². The number of unbranched alkanes of at least 4 members (excludes halogenated alkanes) is 4. The number of pyridine rings is 1. The highest BCUT2D eigenvalue weighted by molar-refractivity contribution is 5.82. The number of carbonyl (C=O) groups excluding carboxylic acids is 1. The minimum Gasteiger partial charge on any atom is -0.497 e. The average molecular weight is 437 g/mol. The number of carbonyl (C=O) groups is 1. The van der Waals surface area contributed by atoms with Crippen LogP contribution in [0.2, 0.25) is 0 Å². The fraction of sp³-hybridized carbons (Fsp3) is 0.320. The van der Waals surface area contributed by atoms with Gasteiger partial charge >= 0.3 is 11.6 Å². The van der Waals surface area contributed by atoms with Gasteiger partial charge in [-0.2, -0.15) is 0 Å². The summed E-state index contributed by atoms with van der Waals surface area (Å²) in [5.41, 5.74) is 1.17. The second kappa shape index (κ2) is 11.7. The van der Waals surface area contributed by atoms with Crippen LogP contribution in [-0.4, -0.2) is 31.3 Å². The molecule has 0 aliphatic heterocycles. The zero-order chi connectivity index (χ0) is 22.8. The van der Waals surface area contributed by atoms with E-state index in [-0.39, 0.29) is 5.97 Å². The lowest BCUT2D eigenvalue weighted by molar-refractivity contribution is -0.137. The first-order chi connectivity index (χ1) is 15.6. The molecule has 0 unspecified atom stereocenters. The van der Waals surface area contributed by atoms with Crippen molar-refractivity contribution in [3.05, 3.63) is 65.7 Å². The van der Waals surface area contributed by atoms with Crippen molar-refractivity contribution < 1.29 is 23.4 Å². The average Bonchev–Trinajstić information content (AvgIpc) is 2.82. The van der Waals surface area contributed by atoms with Crippen molar-refractivity contribution in [2.45, 2.75) is 32.1 Å². The SMILES string of the molecule is C=CC(=O)OCCCCCCCOc1cc2oc(=O)c(-c3cccc(OC)c3)cc2cn1. The third kappa shape index (κ3) is 6.44. The van der Waals surface area contributed by atoms with Crippen LogP contribution in [-0.2, 0) is 9.53 Å². The summed E-state index contributed by atoms with van der Waals surface area (Å²) >= 11 is 0. The van der Waals surface area contributed by atoms with E-state index in [0.717, 1.165) is 37.7 Å². The number of aromatic nitrogens is 1. The number of hydrogen-bond donors (Lipinski definition) is 0. The van der Waals surface area contributed by atoms with Crippen molar-refractivity contribution in [3.8, 4) is 22.8 Å². The molecule has 0 saturated carbocycles. The summed E-state index contributed by atoms with van der Waals surface area (Å²) in [6.07, 6.45) is 7.54. The number of esters is 1. The van der Waals surface area contributed by atoms with E-state index in [2.05, 4.69) is 11.6 Å². The number of methoxy groups -OCH3 is 1.